The van der Waals surface area contributed by atoms with Crippen LogP contribution in [0.25, 0.3) is 0 Å². The van der Waals surface area contributed by atoms with E-state index in [1.807, 2.05) is 4.90 Å². The number of hydrogen-bond donors (Lipinski definition) is 1. The summed E-state index contributed by atoms with van der Waals surface area (Å²) in [5.41, 5.74) is 0. The second kappa shape index (κ2) is 4.50. The van der Waals surface area contributed by atoms with Crippen molar-refractivity contribution >= 4 is 5.82 Å². The SMILES string of the molecule is OCC1COCCN1c1cc(F)ncn1. The van der Waals surface area contributed by atoms with Crippen LogP contribution >= 0.6 is 0 Å². The first-order chi connectivity index (χ1) is 7.31. The molecule has 1 saturated heterocycles. The van der Waals surface area contributed by atoms with Gasteiger partial charge in [0.2, 0.25) is 5.95 Å². The van der Waals surface area contributed by atoms with Gasteiger partial charge in [-0.25, -0.2) is 9.97 Å². The van der Waals surface area contributed by atoms with Gasteiger partial charge in [-0.2, -0.15) is 4.39 Å². The molecule has 1 aromatic heterocycles. The number of nitrogens with zero attached hydrogens (tertiary/aromatic N) is 3. The largest absolute Gasteiger partial charge is 0.394 e. The fourth-order valence-electron chi connectivity index (χ4n) is 1.59. The van der Waals surface area contributed by atoms with Gasteiger partial charge in [0.05, 0.1) is 25.9 Å². The highest BCUT2D eigenvalue weighted by Crippen LogP contribution is 2.16. The maximum absolute atomic E-state index is 12.9. The number of aliphatic hydroxyl groups excluding tert-OH is 1. The summed E-state index contributed by atoms with van der Waals surface area (Å²) in [6.45, 7) is 1.55. The number of aromatic nitrogens is 2. The molecule has 0 bridgehead atoms. The summed E-state index contributed by atoms with van der Waals surface area (Å²) >= 11 is 0. The van der Waals surface area contributed by atoms with Gasteiger partial charge in [-0.3, -0.25) is 0 Å². The molecule has 1 unspecified atom stereocenters. The zero-order chi connectivity index (χ0) is 10.7. The summed E-state index contributed by atoms with van der Waals surface area (Å²) in [7, 11) is 0. The van der Waals surface area contributed by atoms with Crippen LogP contribution in [0.3, 0.4) is 0 Å². The molecule has 1 aromatic rings. The maximum atomic E-state index is 12.9. The lowest BCUT2D eigenvalue weighted by molar-refractivity contribution is 0.0722. The topological polar surface area (TPSA) is 58.5 Å². The van der Waals surface area contributed by atoms with Gasteiger partial charge in [0, 0.05) is 12.6 Å². The molecule has 1 aliphatic rings. The Labute approximate surface area is 86.5 Å². The Hall–Kier alpha value is -1.27. The van der Waals surface area contributed by atoms with Crippen LogP contribution in [0, 0.1) is 5.95 Å². The molecule has 1 atom stereocenters. The smallest absolute Gasteiger partial charge is 0.218 e. The van der Waals surface area contributed by atoms with Crippen molar-refractivity contribution in [2.45, 2.75) is 6.04 Å². The first-order valence-electron chi connectivity index (χ1n) is 4.74. The molecule has 1 N–H and O–H groups in total. The van der Waals surface area contributed by atoms with Gasteiger partial charge in [0.15, 0.2) is 0 Å². The number of anilines is 1. The molecule has 2 rings (SSSR count). The maximum Gasteiger partial charge on any atom is 0.218 e. The molecule has 0 aromatic carbocycles. The lowest BCUT2D eigenvalue weighted by Gasteiger charge is -2.35. The second-order valence-electron chi connectivity index (χ2n) is 3.30. The Morgan fingerprint density at radius 1 is 1.60 bits per heavy atom. The number of hydrogen-bond acceptors (Lipinski definition) is 5. The normalized spacial score (nSPS) is 21.7. The van der Waals surface area contributed by atoms with Gasteiger partial charge in [-0.1, -0.05) is 0 Å². The summed E-state index contributed by atoms with van der Waals surface area (Å²) in [4.78, 5) is 9.18. The molecule has 0 spiro atoms. The fourth-order valence-corrected chi connectivity index (χ4v) is 1.59. The van der Waals surface area contributed by atoms with E-state index in [1.54, 1.807) is 0 Å². The third-order valence-electron chi connectivity index (χ3n) is 2.35. The van der Waals surface area contributed by atoms with E-state index in [1.165, 1.54) is 12.4 Å². The van der Waals surface area contributed by atoms with Crippen LogP contribution < -0.4 is 4.90 Å². The van der Waals surface area contributed by atoms with E-state index in [0.29, 0.717) is 25.6 Å². The Morgan fingerprint density at radius 3 is 3.20 bits per heavy atom. The molecule has 0 radical (unpaired) electrons. The van der Waals surface area contributed by atoms with Gasteiger partial charge in [0.25, 0.3) is 0 Å². The zero-order valence-electron chi connectivity index (χ0n) is 8.14. The van der Waals surface area contributed by atoms with E-state index in [2.05, 4.69) is 9.97 Å². The number of ether oxygens (including phenoxy) is 1. The van der Waals surface area contributed by atoms with E-state index in [-0.39, 0.29) is 12.6 Å². The molecule has 0 aliphatic carbocycles. The van der Waals surface area contributed by atoms with E-state index in [9.17, 15) is 4.39 Å². The molecule has 1 aliphatic heterocycles. The minimum Gasteiger partial charge on any atom is -0.394 e. The number of morpholine rings is 1. The molecular formula is C9H12FN3O2. The number of aliphatic hydroxyl groups is 1. The van der Waals surface area contributed by atoms with E-state index < -0.39 is 5.95 Å². The van der Waals surface area contributed by atoms with Crippen molar-refractivity contribution < 1.29 is 14.2 Å². The van der Waals surface area contributed by atoms with Crippen LogP contribution in [0.4, 0.5) is 10.2 Å². The van der Waals surface area contributed by atoms with Crippen molar-refractivity contribution in [3.63, 3.8) is 0 Å². The Bertz CT molecular complexity index is 337. The monoisotopic (exact) mass is 213 g/mol. The quantitative estimate of drug-likeness (QED) is 0.690. The Morgan fingerprint density at radius 2 is 2.47 bits per heavy atom. The summed E-state index contributed by atoms with van der Waals surface area (Å²) in [5, 5.41) is 9.13. The average Bonchev–Trinajstić information content (AvgIpc) is 2.29. The molecule has 1 fully saturated rings. The predicted molar refractivity (Wildman–Crippen MR) is 51.0 cm³/mol. The molecular weight excluding hydrogens is 201 g/mol. The molecule has 2 heterocycles. The number of halogens is 1. The van der Waals surface area contributed by atoms with Crippen LogP contribution in [0.1, 0.15) is 0 Å². The predicted octanol–water partition coefficient (Wildman–Crippen LogP) is -0.187. The summed E-state index contributed by atoms with van der Waals surface area (Å²) < 4.78 is 18.1. The van der Waals surface area contributed by atoms with Gasteiger partial charge >= 0.3 is 0 Å². The molecule has 6 heteroatoms. The van der Waals surface area contributed by atoms with Crippen molar-refractivity contribution in [1.29, 1.82) is 0 Å². The lowest BCUT2D eigenvalue weighted by atomic mass is 10.2. The van der Waals surface area contributed by atoms with E-state index >= 15 is 0 Å². The van der Waals surface area contributed by atoms with E-state index in [0.717, 1.165) is 0 Å². The summed E-state index contributed by atoms with van der Waals surface area (Å²) in [6.07, 6.45) is 1.18. The molecule has 15 heavy (non-hydrogen) atoms. The van der Waals surface area contributed by atoms with Crippen LogP contribution in [-0.4, -0.2) is 47.5 Å². The van der Waals surface area contributed by atoms with Crippen molar-refractivity contribution in [3.8, 4) is 0 Å². The first kappa shape index (κ1) is 10.3. The molecule has 82 valence electrons. The summed E-state index contributed by atoms with van der Waals surface area (Å²) in [6, 6.07) is 1.10. The fraction of sp³-hybridized carbons (Fsp3) is 0.556. The van der Waals surface area contributed by atoms with Gasteiger partial charge in [0.1, 0.15) is 12.1 Å². The van der Waals surface area contributed by atoms with Crippen LogP contribution in [-0.2, 0) is 4.74 Å². The average molecular weight is 213 g/mol. The molecule has 0 amide bonds. The van der Waals surface area contributed by atoms with Crippen LogP contribution in [0.5, 0.6) is 0 Å². The van der Waals surface area contributed by atoms with Crippen LogP contribution in [0.15, 0.2) is 12.4 Å². The van der Waals surface area contributed by atoms with Gasteiger partial charge < -0.3 is 14.7 Å². The van der Waals surface area contributed by atoms with Crippen LogP contribution in [0.2, 0.25) is 0 Å². The van der Waals surface area contributed by atoms with Crippen molar-refractivity contribution in [2.75, 3.05) is 31.3 Å². The second-order valence-corrected chi connectivity index (χ2v) is 3.30. The first-order valence-corrected chi connectivity index (χ1v) is 4.74. The third kappa shape index (κ3) is 2.21. The molecule has 5 nitrogen and oxygen atoms in total. The molecule has 0 saturated carbocycles. The summed E-state index contributed by atoms with van der Waals surface area (Å²) in [5.74, 6) is -0.0759. The Balaban J connectivity index is 2.20. The minimum atomic E-state index is -0.566. The van der Waals surface area contributed by atoms with Gasteiger partial charge in [-0.05, 0) is 0 Å². The van der Waals surface area contributed by atoms with Crippen molar-refractivity contribution in [3.05, 3.63) is 18.3 Å². The highest BCUT2D eigenvalue weighted by molar-refractivity contribution is 5.39. The third-order valence-corrected chi connectivity index (χ3v) is 2.35. The Kier molecular flexibility index (Phi) is 3.08. The number of rotatable bonds is 2. The van der Waals surface area contributed by atoms with Gasteiger partial charge in [-0.15, -0.1) is 0 Å². The van der Waals surface area contributed by atoms with Crippen molar-refractivity contribution in [2.24, 2.45) is 0 Å². The van der Waals surface area contributed by atoms with Crippen molar-refractivity contribution in [1.82, 2.24) is 9.97 Å². The lowest BCUT2D eigenvalue weighted by Crippen LogP contribution is -2.48. The standard InChI is InChI=1S/C9H12FN3O2/c10-8-3-9(12-6-11-8)13-1-2-15-5-7(13)4-14/h3,6-7,14H,1-2,4-5H2. The highest BCUT2D eigenvalue weighted by atomic mass is 19.1. The van der Waals surface area contributed by atoms with E-state index in [4.69, 9.17) is 9.84 Å². The zero-order valence-corrected chi connectivity index (χ0v) is 8.14. The minimum absolute atomic E-state index is 0.0361. The highest BCUT2D eigenvalue weighted by Gasteiger charge is 2.23.